The summed E-state index contributed by atoms with van der Waals surface area (Å²) in [6.07, 6.45) is 0.916. The van der Waals surface area contributed by atoms with E-state index in [0.29, 0.717) is 11.1 Å². The monoisotopic (exact) mass is 754 g/mol. The summed E-state index contributed by atoms with van der Waals surface area (Å²) >= 11 is 0. The molecule has 5 aromatic rings. The SMILES string of the molecule is C=CCN1CC(=O)N2[C@@H](Cc3ccc(O[P+](=O)[O-])cc3)C(=O)N(Cc3cccc4c3oc3ccccc34)C[C@@H]2N1C(=O)NCc1ccccc1.[Na+].[Na+].[OH-]. The third-order valence-electron chi connectivity index (χ3n) is 9.04. The first-order chi connectivity index (χ1) is 24.3. The number of rotatable bonds is 10. The fourth-order valence-corrected chi connectivity index (χ4v) is 7.12. The summed E-state index contributed by atoms with van der Waals surface area (Å²) in [5.74, 6) is -0.453. The van der Waals surface area contributed by atoms with Gasteiger partial charge in [0.2, 0.25) is 11.8 Å². The second kappa shape index (κ2) is 18.6. The Morgan fingerprint density at radius 1 is 0.943 bits per heavy atom. The van der Waals surface area contributed by atoms with Gasteiger partial charge in [0.25, 0.3) is 0 Å². The number of hydrogen-bond acceptors (Lipinski definition) is 9. The molecule has 0 spiro atoms. The number of carbonyl (C=O) groups is 3. The van der Waals surface area contributed by atoms with Gasteiger partial charge in [-0.25, -0.2) is 14.8 Å². The number of hydrogen-bond donors (Lipinski definition) is 1. The Morgan fingerprint density at radius 3 is 2.36 bits per heavy atom. The molecule has 53 heavy (non-hydrogen) atoms. The summed E-state index contributed by atoms with van der Waals surface area (Å²) in [6.45, 7) is 4.44. The largest absolute Gasteiger partial charge is 1.00 e. The zero-order chi connectivity index (χ0) is 34.8. The quantitative estimate of drug-likeness (QED) is 0.102. The molecule has 3 heterocycles. The smallest absolute Gasteiger partial charge is 0.870 e. The Bertz CT molecular complexity index is 2100. The number of nitrogens with zero attached hydrogens (tertiary/aromatic N) is 4. The van der Waals surface area contributed by atoms with E-state index in [1.165, 1.54) is 22.0 Å². The third kappa shape index (κ3) is 9.04. The maximum atomic E-state index is 14.5. The zero-order valence-electron chi connectivity index (χ0n) is 29.5. The van der Waals surface area contributed by atoms with Crippen molar-refractivity contribution in [1.82, 2.24) is 25.1 Å². The first kappa shape index (κ1) is 42.2. The standard InChI is InChI=1S/C37H34N5O7P.2Na.H2O/c1-2-19-40-24-34(43)41-31(20-25-15-17-28(18-16-25)49-50(46)47)36(44)39(23-33(41)42(40)37(45)38-21-26-9-4-3-5-10-26)22-27-11-8-13-30-29-12-6-7-14-32(29)48-35(27)30;;;/h2-18,31,33H,1,19-24H2,(H,38,45);;;1H2/q;2*+1;/p-1/t31-,33-;;;/m0.../s1. The number of fused-ring (bicyclic) bond motifs is 4. The van der Waals surface area contributed by atoms with Gasteiger partial charge in [-0.3, -0.25) is 14.1 Å². The van der Waals surface area contributed by atoms with Crippen LogP contribution in [0.25, 0.3) is 21.9 Å². The number of nitrogens with one attached hydrogen (secondary N) is 1. The summed E-state index contributed by atoms with van der Waals surface area (Å²) in [4.78, 5) is 56.8. The van der Waals surface area contributed by atoms with E-state index in [2.05, 4.69) is 11.9 Å². The fraction of sp³-hybridized carbons (Fsp3) is 0.216. The second-order valence-corrected chi connectivity index (χ2v) is 12.8. The number of amides is 4. The Kier molecular flexibility index (Phi) is 14.8. The number of urea groups is 1. The van der Waals surface area contributed by atoms with Crippen LogP contribution in [0.3, 0.4) is 0 Å². The van der Waals surface area contributed by atoms with Gasteiger partial charge in [-0.1, -0.05) is 84.9 Å². The molecule has 1 unspecified atom stereocenters. The summed E-state index contributed by atoms with van der Waals surface area (Å²) < 4.78 is 22.1. The summed E-state index contributed by atoms with van der Waals surface area (Å²) in [5.41, 5.74) is 3.78. The number of hydrazine groups is 1. The predicted molar refractivity (Wildman–Crippen MR) is 186 cm³/mol. The molecule has 3 atom stereocenters. The van der Waals surface area contributed by atoms with Crippen LogP contribution >= 0.6 is 8.25 Å². The molecular weight excluding hydrogens is 719 g/mol. The van der Waals surface area contributed by atoms with Crippen molar-refractivity contribution in [2.24, 2.45) is 0 Å². The fourth-order valence-electron chi connectivity index (χ4n) is 6.83. The van der Waals surface area contributed by atoms with Crippen molar-refractivity contribution in [3.8, 4) is 5.75 Å². The van der Waals surface area contributed by atoms with Crippen LogP contribution in [0.1, 0.15) is 16.7 Å². The minimum Gasteiger partial charge on any atom is -0.870 e. The van der Waals surface area contributed by atoms with Crippen molar-refractivity contribution in [3.05, 3.63) is 126 Å². The molecule has 2 aliphatic rings. The zero-order valence-corrected chi connectivity index (χ0v) is 34.4. The van der Waals surface area contributed by atoms with Gasteiger partial charge in [0, 0.05) is 42.4 Å². The maximum Gasteiger partial charge on any atom is 1.00 e. The first-order valence-electron chi connectivity index (χ1n) is 16.2. The van der Waals surface area contributed by atoms with Crippen molar-refractivity contribution >= 4 is 48.0 Å². The number of furan rings is 1. The van der Waals surface area contributed by atoms with Gasteiger partial charge in [0.05, 0.1) is 13.1 Å². The van der Waals surface area contributed by atoms with E-state index in [1.807, 2.05) is 72.8 Å². The van der Waals surface area contributed by atoms with Gasteiger partial charge in [-0.15, -0.1) is 6.58 Å². The molecule has 0 bridgehead atoms. The van der Waals surface area contributed by atoms with Crippen LogP contribution in [0.2, 0.25) is 0 Å². The van der Waals surface area contributed by atoms with Gasteiger partial charge in [0.1, 0.15) is 23.4 Å². The van der Waals surface area contributed by atoms with E-state index in [4.69, 9.17) is 8.94 Å². The van der Waals surface area contributed by atoms with Crippen molar-refractivity contribution in [3.63, 3.8) is 0 Å². The Balaban J connectivity index is 0.00000209. The molecule has 2 aliphatic heterocycles. The third-order valence-corrected chi connectivity index (χ3v) is 9.40. The predicted octanol–water partition coefficient (Wildman–Crippen LogP) is -1.45. The molecule has 0 aliphatic carbocycles. The molecule has 0 radical (unpaired) electrons. The van der Waals surface area contributed by atoms with Crippen LogP contribution < -0.4 is 73.8 Å². The van der Waals surface area contributed by atoms with Gasteiger partial charge < -0.3 is 29.9 Å². The number of piperazine rings is 1. The Hall–Kier alpha value is -3.59. The average molecular weight is 755 g/mol. The molecule has 0 saturated carbocycles. The topological polar surface area (TPSA) is 169 Å². The van der Waals surface area contributed by atoms with Crippen LogP contribution in [-0.2, 0) is 33.7 Å². The molecule has 262 valence electrons. The molecule has 2 saturated heterocycles. The van der Waals surface area contributed by atoms with Crippen LogP contribution in [0, 0.1) is 0 Å². The first-order valence-corrected chi connectivity index (χ1v) is 17.3. The molecule has 7 rings (SSSR count). The summed E-state index contributed by atoms with van der Waals surface area (Å²) in [5, 5.41) is 8.07. The second-order valence-electron chi connectivity index (χ2n) is 12.2. The van der Waals surface area contributed by atoms with Crippen molar-refractivity contribution in [1.29, 1.82) is 0 Å². The van der Waals surface area contributed by atoms with Crippen molar-refractivity contribution in [2.75, 3.05) is 19.6 Å². The van der Waals surface area contributed by atoms with Gasteiger partial charge in [-0.2, -0.15) is 0 Å². The maximum absolute atomic E-state index is 14.5. The molecular formula is C37H35N5Na2O8P+. The van der Waals surface area contributed by atoms with E-state index < -0.39 is 26.5 Å². The molecule has 2 N–H and O–H groups in total. The van der Waals surface area contributed by atoms with E-state index in [1.54, 1.807) is 28.1 Å². The normalized spacial score (nSPS) is 17.3. The minimum absolute atomic E-state index is 0. The molecule has 4 aromatic carbocycles. The van der Waals surface area contributed by atoms with Gasteiger partial charge >= 0.3 is 73.4 Å². The van der Waals surface area contributed by atoms with E-state index in [-0.39, 0.29) is 121 Å². The Morgan fingerprint density at radius 2 is 1.64 bits per heavy atom. The number of benzene rings is 4. The number of para-hydroxylation sites is 2. The van der Waals surface area contributed by atoms with E-state index in [0.717, 1.165) is 27.5 Å². The molecule has 13 nitrogen and oxygen atoms in total. The van der Waals surface area contributed by atoms with Crippen LogP contribution in [-0.4, -0.2) is 75.0 Å². The van der Waals surface area contributed by atoms with Crippen molar-refractivity contribution < 1.29 is 97.4 Å². The van der Waals surface area contributed by atoms with Crippen LogP contribution in [0.5, 0.6) is 5.75 Å². The molecule has 16 heteroatoms. The van der Waals surface area contributed by atoms with Crippen molar-refractivity contribution in [2.45, 2.75) is 31.7 Å². The summed E-state index contributed by atoms with van der Waals surface area (Å²) in [7, 11) is -3.09. The Labute approximate surface area is 351 Å². The van der Waals surface area contributed by atoms with Gasteiger partial charge in [0.15, 0.2) is 5.75 Å². The van der Waals surface area contributed by atoms with E-state index >= 15 is 0 Å². The molecule has 1 aromatic heterocycles. The molecule has 2 fully saturated rings. The van der Waals surface area contributed by atoms with E-state index in [9.17, 15) is 23.8 Å². The van der Waals surface area contributed by atoms with Crippen LogP contribution in [0.4, 0.5) is 4.79 Å². The summed E-state index contributed by atoms with van der Waals surface area (Å²) in [6, 6.07) is 28.0. The van der Waals surface area contributed by atoms with Crippen LogP contribution in [0.15, 0.2) is 114 Å². The molecule has 4 amide bonds. The minimum atomic E-state index is -3.09. The average Bonchev–Trinajstić information content (AvgIpc) is 3.50. The number of carbonyl (C=O) groups excluding carboxylic acids is 3. The van der Waals surface area contributed by atoms with Gasteiger partial charge in [-0.05, 0) is 33.9 Å².